The van der Waals surface area contributed by atoms with E-state index in [1.54, 1.807) is 42.6 Å². The molecule has 0 unspecified atom stereocenters. The van der Waals surface area contributed by atoms with Gasteiger partial charge in [0, 0.05) is 24.8 Å². The number of nitrogens with one attached hydrogen (secondary N) is 3. The maximum absolute atomic E-state index is 12.1. The Labute approximate surface area is 170 Å². The maximum atomic E-state index is 12.1. The van der Waals surface area contributed by atoms with Gasteiger partial charge in [-0.2, -0.15) is 0 Å². The number of thiazole rings is 1. The van der Waals surface area contributed by atoms with E-state index in [0.717, 1.165) is 15.4 Å². The fourth-order valence-electron chi connectivity index (χ4n) is 2.40. The number of anilines is 2. The summed E-state index contributed by atoms with van der Waals surface area (Å²) in [6.07, 6.45) is 1.25. The van der Waals surface area contributed by atoms with Crippen LogP contribution in [-0.4, -0.2) is 28.8 Å². The van der Waals surface area contributed by atoms with Gasteiger partial charge in [0.15, 0.2) is 0 Å². The zero-order valence-corrected chi connectivity index (χ0v) is 16.2. The number of hydrogen-bond acceptors (Lipinski definition) is 4. The van der Waals surface area contributed by atoms with E-state index >= 15 is 0 Å². The third kappa shape index (κ3) is 5.45. The molecule has 0 saturated heterocycles. The molecule has 0 aliphatic rings. The number of halogens is 1. The third-order valence-electron chi connectivity index (χ3n) is 3.72. The number of benzene rings is 2. The molecular formula is C19H17ClN4O3S. The van der Waals surface area contributed by atoms with Crippen molar-refractivity contribution in [2.75, 3.05) is 17.2 Å². The molecule has 4 N–H and O–H groups in total. The molecule has 0 radical (unpaired) electrons. The Hall–Kier alpha value is -3.10. The molecule has 9 heteroatoms. The van der Waals surface area contributed by atoms with Crippen LogP contribution in [0.4, 0.5) is 21.0 Å². The third-order valence-corrected chi connectivity index (χ3v) is 5.15. The van der Waals surface area contributed by atoms with Crippen LogP contribution in [-0.2, 0) is 6.42 Å². The van der Waals surface area contributed by atoms with Crippen LogP contribution < -0.4 is 16.0 Å². The van der Waals surface area contributed by atoms with E-state index in [4.69, 9.17) is 16.7 Å². The number of carbonyl (C=O) groups is 2. The van der Waals surface area contributed by atoms with Gasteiger partial charge in [-0.25, -0.2) is 14.6 Å². The fourth-order valence-corrected chi connectivity index (χ4v) is 3.51. The highest BCUT2D eigenvalue weighted by Gasteiger charge is 2.08. The van der Waals surface area contributed by atoms with E-state index in [0.29, 0.717) is 29.4 Å². The molecule has 144 valence electrons. The molecule has 7 nitrogen and oxygen atoms in total. The molecule has 0 aliphatic heterocycles. The first-order chi connectivity index (χ1) is 13.5. The number of carboxylic acid groups (broad SMARTS) is 1. The molecule has 2 aromatic carbocycles. The second-order valence-corrected chi connectivity index (χ2v) is 7.26. The van der Waals surface area contributed by atoms with Crippen molar-refractivity contribution in [3.8, 4) is 10.4 Å². The zero-order valence-electron chi connectivity index (χ0n) is 14.6. The first-order valence-corrected chi connectivity index (χ1v) is 9.55. The Morgan fingerprint density at radius 1 is 1.07 bits per heavy atom. The van der Waals surface area contributed by atoms with Gasteiger partial charge in [0.25, 0.3) is 0 Å². The minimum atomic E-state index is -1.04. The van der Waals surface area contributed by atoms with Crippen molar-refractivity contribution in [1.29, 1.82) is 0 Å². The number of carbonyl (C=O) groups excluding carboxylic acids is 1. The topological polar surface area (TPSA) is 103 Å². The van der Waals surface area contributed by atoms with E-state index in [9.17, 15) is 9.59 Å². The van der Waals surface area contributed by atoms with Crippen LogP contribution in [0.25, 0.3) is 10.4 Å². The lowest BCUT2D eigenvalue weighted by molar-refractivity contribution is 0.194. The highest BCUT2D eigenvalue weighted by Crippen LogP contribution is 2.27. The molecular weight excluding hydrogens is 400 g/mol. The molecule has 0 aliphatic carbocycles. The SMILES string of the molecule is O=C(O)NCCc1ncc(-c2ccc(NC(=O)Nc3ccccc3Cl)cc2)s1. The van der Waals surface area contributed by atoms with Gasteiger partial charge >= 0.3 is 12.1 Å². The van der Waals surface area contributed by atoms with Gasteiger partial charge in [-0.05, 0) is 29.8 Å². The van der Waals surface area contributed by atoms with E-state index in [-0.39, 0.29) is 6.03 Å². The molecule has 3 aromatic rings. The minimum Gasteiger partial charge on any atom is -0.465 e. The molecule has 3 amide bonds. The lowest BCUT2D eigenvalue weighted by atomic mass is 10.2. The maximum Gasteiger partial charge on any atom is 0.404 e. The fraction of sp³-hybridized carbons (Fsp3) is 0.105. The Morgan fingerprint density at radius 2 is 1.82 bits per heavy atom. The molecule has 0 spiro atoms. The summed E-state index contributed by atoms with van der Waals surface area (Å²) in [5.41, 5.74) is 2.14. The van der Waals surface area contributed by atoms with Gasteiger partial charge in [-0.3, -0.25) is 0 Å². The highest BCUT2D eigenvalue weighted by atomic mass is 35.5. The average Bonchev–Trinajstić information content (AvgIpc) is 3.13. The predicted molar refractivity (Wildman–Crippen MR) is 111 cm³/mol. The van der Waals surface area contributed by atoms with Crippen molar-refractivity contribution >= 4 is 46.4 Å². The zero-order chi connectivity index (χ0) is 19.9. The largest absolute Gasteiger partial charge is 0.465 e. The Kier molecular flexibility index (Phi) is 6.46. The standard InChI is InChI=1S/C19H17ClN4O3S/c20-14-3-1-2-4-15(14)24-18(25)23-13-7-5-12(6-8-13)16-11-22-17(28-16)9-10-21-19(26)27/h1-8,11,21H,9-10H2,(H,26,27)(H2,23,24,25). The second kappa shape index (κ2) is 9.20. The summed E-state index contributed by atoms with van der Waals surface area (Å²) in [4.78, 5) is 27.9. The van der Waals surface area contributed by atoms with E-state index < -0.39 is 6.09 Å². The minimum absolute atomic E-state index is 0.325. The Bertz CT molecular complexity index is 975. The molecule has 0 atom stereocenters. The molecule has 0 bridgehead atoms. The normalized spacial score (nSPS) is 10.3. The summed E-state index contributed by atoms with van der Waals surface area (Å²) in [5.74, 6) is 0. The van der Waals surface area contributed by atoms with Crippen molar-refractivity contribution in [2.45, 2.75) is 6.42 Å². The quantitative estimate of drug-likeness (QED) is 0.458. The van der Waals surface area contributed by atoms with Gasteiger partial charge in [0.05, 0.1) is 20.6 Å². The van der Waals surface area contributed by atoms with E-state index in [2.05, 4.69) is 20.9 Å². The second-order valence-electron chi connectivity index (χ2n) is 5.74. The lowest BCUT2D eigenvalue weighted by Gasteiger charge is -2.09. The van der Waals surface area contributed by atoms with E-state index in [1.165, 1.54) is 11.3 Å². The summed E-state index contributed by atoms with van der Waals surface area (Å²) in [5, 5.41) is 17.7. The Morgan fingerprint density at radius 3 is 2.54 bits per heavy atom. The van der Waals surface area contributed by atoms with Crippen molar-refractivity contribution in [1.82, 2.24) is 10.3 Å². The molecule has 1 heterocycles. The smallest absolute Gasteiger partial charge is 0.404 e. The van der Waals surface area contributed by atoms with Crippen molar-refractivity contribution in [3.05, 3.63) is 64.8 Å². The number of para-hydroxylation sites is 1. The summed E-state index contributed by atoms with van der Waals surface area (Å²) in [7, 11) is 0. The number of amides is 3. The number of aromatic nitrogens is 1. The molecule has 3 rings (SSSR count). The summed E-state index contributed by atoms with van der Waals surface area (Å²) in [6.45, 7) is 0.325. The van der Waals surface area contributed by atoms with Gasteiger partial charge in [-0.1, -0.05) is 35.9 Å². The molecule has 28 heavy (non-hydrogen) atoms. The Balaban J connectivity index is 1.57. The highest BCUT2D eigenvalue weighted by molar-refractivity contribution is 7.15. The number of rotatable bonds is 6. The first-order valence-electron chi connectivity index (χ1n) is 8.36. The van der Waals surface area contributed by atoms with Crippen LogP contribution in [0.5, 0.6) is 0 Å². The van der Waals surface area contributed by atoms with Crippen LogP contribution >= 0.6 is 22.9 Å². The van der Waals surface area contributed by atoms with Crippen molar-refractivity contribution in [3.63, 3.8) is 0 Å². The van der Waals surface area contributed by atoms with Gasteiger partial charge in [0.2, 0.25) is 0 Å². The molecule has 0 fully saturated rings. The van der Waals surface area contributed by atoms with Crippen molar-refractivity contribution < 1.29 is 14.7 Å². The van der Waals surface area contributed by atoms with Crippen LogP contribution in [0.2, 0.25) is 5.02 Å². The monoisotopic (exact) mass is 416 g/mol. The van der Waals surface area contributed by atoms with Crippen molar-refractivity contribution in [2.24, 2.45) is 0 Å². The molecule has 1 aromatic heterocycles. The van der Waals surface area contributed by atoms with Gasteiger partial charge in [0.1, 0.15) is 0 Å². The van der Waals surface area contributed by atoms with Crippen LogP contribution in [0.1, 0.15) is 5.01 Å². The summed E-state index contributed by atoms with van der Waals surface area (Å²) < 4.78 is 0. The van der Waals surface area contributed by atoms with Crippen LogP contribution in [0.3, 0.4) is 0 Å². The van der Waals surface area contributed by atoms with Crippen LogP contribution in [0.15, 0.2) is 54.7 Å². The van der Waals surface area contributed by atoms with Crippen LogP contribution in [0, 0.1) is 0 Å². The van der Waals surface area contributed by atoms with Gasteiger partial charge in [-0.15, -0.1) is 11.3 Å². The lowest BCUT2D eigenvalue weighted by Crippen LogP contribution is -2.23. The van der Waals surface area contributed by atoms with E-state index in [1.807, 2.05) is 12.1 Å². The average molecular weight is 417 g/mol. The summed E-state index contributed by atoms with van der Waals surface area (Å²) in [6, 6.07) is 14.0. The predicted octanol–water partition coefficient (Wildman–Crippen LogP) is 4.92. The van der Waals surface area contributed by atoms with Gasteiger partial charge < -0.3 is 21.1 Å². The number of urea groups is 1. The first kappa shape index (κ1) is 19.7. The molecule has 0 saturated carbocycles. The number of hydrogen-bond donors (Lipinski definition) is 4. The summed E-state index contributed by atoms with van der Waals surface area (Å²) >= 11 is 7.53. The number of nitrogens with zero attached hydrogens (tertiary/aromatic N) is 1.